The van der Waals surface area contributed by atoms with Crippen molar-refractivity contribution in [3.63, 3.8) is 0 Å². The van der Waals surface area contributed by atoms with E-state index in [0.717, 1.165) is 17.8 Å². The van der Waals surface area contributed by atoms with E-state index in [2.05, 4.69) is 30.0 Å². The summed E-state index contributed by atoms with van der Waals surface area (Å²) < 4.78 is 0. The van der Waals surface area contributed by atoms with Crippen LogP contribution in [0.2, 0.25) is 0 Å². The van der Waals surface area contributed by atoms with Crippen LogP contribution >= 0.6 is 0 Å². The molecule has 1 fully saturated rings. The number of hydrogen-bond donors (Lipinski definition) is 1. The summed E-state index contributed by atoms with van der Waals surface area (Å²) in [4.78, 5) is 4.70. The minimum atomic E-state index is -0.412. The quantitative estimate of drug-likeness (QED) is 0.885. The third kappa shape index (κ3) is 2.85. The summed E-state index contributed by atoms with van der Waals surface area (Å²) in [5.41, 5.74) is 2.16. The maximum atomic E-state index is 9.83. The average Bonchev–Trinajstić information content (AvgIpc) is 2.75. The zero-order valence-electron chi connectivity index (χ0n) is 11.6. The Morgan fingerprint density at radius 3 is 2.78 bits per heavy atom. The summed E-state index contributed by atoms with van der Waals surface area (Å²) in [6.45, 7) is 4.06. The summed E-state index contributed by atoms with van der Waals surface area (Å²) in [5.74, 6) is 0. The molecule has 0 saturated carbocycles. The topological polar surface area (TPSA) is 26.7 Å². The van der Waals surface area contributed by atoms with Gasteiger partial charge in [0.1, 0.15) is 0 Å². The van der Waals surface area contributed by atoms with Crippen LogP contribution in [0.4, 0.5) is 5.69 Å². The number of aliphatic hydroxyl groups excluding tert-OH is 1. The van der Waals surface area contributed by atoms with Gasteiger partial charge in [-0.1, -0.05) is 18.2 Å². The van der Waals surface area contributed by atoms with Gasteiger partial charge in [0, 0.05) is 30.9 Å². The maximum Gasteiger partial charge on any atom is 0.0781 e. The first-order chi connectivity index (χ1) is 8.59. The third-order valence-corrected chi connectivity index (χ3v) is 3.95. The molecule has 1 unspecified atom stereocenters. The normalized spacial score (nSPS) is 22.1. The van der Waals surface area contributed by atoms with E-state index < -0.39 is 6.10 Å². The maximum absolute atomic E-state index is 9.83. The molecule has 1 aliphatic rings. The molecule has 2 atom stereocenters. The molecule has 2 rings (SSSR count). The first-order valence-corrected chi connectivity index (χ1v) is 6.78. The lowest BCUT2D eigenvalue weighted by molar-refractivity contribution is 0.199. The van der Waals surface area contributed by atoms with Gasteiger partial charge in [0.2, 0.25) is 0 Å². The van der Waals surface area contributed by atoms with Gasteiger partial charge < -0.3 is 14.9 Å². The van der Waals surface area contributed by atoms with Crippen molar-refractivity contribution >= 4 is 5.69 Å². The second-order valence-corrected chi connectivity index (χ2v) is 5.39. The molecule has 0 amide bonds. The van der Waals surface area contributed by atoms with Gasteiger partial charge in [-0.05, 0) is 39.4 Å². The van der Waals surface area contributed by atoms with Gasteiger partial charge >= 0.3 is 0 Å². The zero-order valence-corrected chi connectivity index (χ0v) is 11.6. The van der Waals surface area contributed by atoms with E-state index in [-0.39, 0.29) is 0 Å². The average molecular weight is 248 g/mol. The lowest BCUT2D eigenvalue weighted by atomic mass is 10.1. The van der Waals surface area contributed by atoms with Gasteiger partial charge in [0.25, 0.3) is 0 Å². The number of likely N-dealkylation sites (N-methyl/N-ethyl adjacent to an activating group) is 2. The van der Waals surface area contributed by atoms with Crippen molar-refractivity contribution in [2.75, 3.05) is 32.1 Å². The van der Waals surface area contributed by atoms with E-state index in [4.69, 9.17) is 0 Å². The predicted molar refractivity (Wildman–Crippen MR) is 76.0 cm³/mol. The monoisotopic (exact) mass is 248 g/mol. The van der Waals surface area contributed by atoms with Crippen LogP contribution in [0.5, 0.6) is 0 Å². The number of aliphatic hydroxyl groups is 1. The molecule has 0 radical (unpaired) electrons. The molecule has 1 N–H and O–H groups in total. The summed E-state index contributed by atoms with van der Waals surface area (Å²) >= 11 is 0. The summed E-state index contributed by atoms with van der Waals surface area (Å²) in [5, 5.41) is 9.83. The van der Waals surface area contributed by atoms with Crippen LogP contribution in [0.25, 0.3) is 0 Å². The Kier molecular flexibility index (Phi) is 4.25. The number of anilines is 1. The molecule has 1 heterocycles. The van der Waals surface area contributed by atoms with Crippen molar-refractivity contribution in [2.45, 2.75) is 31.9 Å². The second kappa shape index (κ2) is 5.72. The van der Waals surface area contributed by atoms with Crippen LogP contribution in [0, 0.1) is 0 Å². The van der Waals surface area contributed by atoms with Crippen LogP contribution in [0.1, 0.15) is 31.4 Å². The van der Waals surface area contributed by atoms with Crippen molar-refractivity contribution in [1.29, 1.82) is 0 Å². The smallest absolute Gasteiger partial charge is 0.0781 e. The first kappa shape index (κ1) is 13.4. The summed E-state index contributed by atoms with van der Waals surface area (Å²) in [6.07, 6.45) is 2.16. The van der Waals surface area contributed by atoms with E-state index in [0.29, 0.717) is 6.04 Å². The standard InChI is InChI=1S/C15H24N2O/c1-12(18)14-8-4-5-9-15(14)17(3)11-13-7-6-10-16(13)2/h4-5,8-9,12-13,18H,6-7,10-11H2,1-3H3/t12-,13?/m1/s1. The Balaban J connectivity index is 2.10. The number of benzene rings is 1. The Labute approximate surface area is 110 Å². The highest BCUT2D eigenvalue weighted by molar-refractivity contribution is 5.54. The van der Waals surface area contributed by atoms with Crippen LogP contribution in [0.15, 0.2) is 24.3 Å². The molecule has 1 aromatic rings. The van der Waals surface area contributed by atoms with E-state index in [1.54, 1.807) is 0 Å². The fourth-order valence-corrected chi connectivity index (χ4v) is 2.81. The molecule has 0 bridgehead atoms. The first-order valence-electron chi connectivity index (χ1n) is 6.78. The van der Waals surface area contributed by atoms with Crippen molar-refractivity contribution < 1.29 is 5.11 Å². The second-order valence-electron chi connectivity index (χ2n) is 5.39. The fourth-order valence-electron chi connectivity index (χ4n) is 2.81. The molecule has 0 aliphatic carbocycles. The van der Waals surface area contributed by atoms with Gasteiger partial charge in [0.15, 0.2) is 0 Å². The van der Waals surface area contributed by atoms with Gasteiger partial charge in [0.05, 0.1) is 6.10 Å². The molecular formula is C15H24N2O. The van der Waals surface area contributed by atoms with Gasteiger partial charge in [-0.3, -0.25) is 0 Å². The van der Waals surface area contributed by atoms with E-state index in [1.807, 2.05) is 25.1 Å². The third-order valence-electron chi connectivity index (χ3n) is 3.95. The van der Waals surface area contributed by atoms with E-state index >= 15 is 0 Å². The summed E-state index contributed by atoms with van der Waals surface area (Å²) in [6, 6.07) is 8.76. The molecular weight excluding hydrogens is 224 g/mol. The summed E-state index contributed by atoms with van der Waals surface area (Å²) in [7, 11) is 4.32. The minimum Gasteiger partial charge on any atom is -0.389 e. The molecule has 1 aliphatic heterocycles. The zero-order chi connectivity index (χ0) is 13.1. The van der Waals surface area contributed by atoms with Crippen molar-refractivity contribution in [3.8, 4) is 0 Å². The lowest BCUT2D eigenvalue weighted by Gasteiger charge is -2.29. The van der Waals surface area contributed by atoms with E-state index in [9.17, 15) is 5.11 Å². The Hall–Kier alpha value is -1.06. The SMILES string of the molecule is C[C@@H](O)c1ccccc1N(C)CC1CCCN1C. The Morgan fingerprint density at radius 2 is 2.17 bits per heavy atom. The number of likely N-dealkylation sites (tertiary alicyclic amines) is 1. The van der Waals surface area contributed by atoms with Crippen molar-refractivity contribution in [1.82, 2.24) is 4.90 Å². The lowest BCUT2D eigenvalue weighted by Crippen LogP contribution is -2.37. The van der Waals surface area contributed by atoms with Crippen LogP contribution < -0.4 is 4.90 Å². The predicted octanol–water partition coefficient (Wildman–Crippen LogP) is 2.27. The Bertz CT molecular complexity index is 392. The molecule has 0 spiro atoms. The van der Waals surface area contributed by atoms with Crippen LogP contribution in [-0.2, 0) is 0 Å². The number of nitrogens with zero attached hydrogens (tertiary/aromatic N) is 2. The van der Waals surface area contributed by atoms with Gasteiger partial charge in [-0.15, -0.1) is 0 Å². The molecule has 0 aromatic heterocycles. The van der Waals surface area contributed by atoms with Crippen molar-refractivity contribution in [3.05, 3.63) is 29.8 Å². The van der Waals surface area contributed by atoms with Crippen LogP contribution in [-0.4, -0.2) is 43.2 Å². The largest absolute Gasteiger partial charge is 0.389 e. The molecule has 100 valence electrons. The van der Waals surface area contributed by atoms with Crippen LogP contribution in [0.3, 0.4) is 0 Å². The minimum absolute atomic E-state index is 0.412. The molecule has 3 heteroatoms. The van der Waals surface area contributed by atoms with Gasteiger partial charge in [-0.2, -0.15) is 0 Å². The number of rotatable bonds is 4. The Morgan fingerprint density at radius 1 is 1.44 bits per heavy atom. The molecule has 1 saturated heterocycles. The molecule has 18 heavy (non-hydrogen) atoms. The van der Waals surface area contributed by atoms with E-state index in [1.165, 1.54) is 19.4 Å². The highest BCUT2D eigenvalue weighted by Crippen LogP contribution is 2.26. The highest BCUT2D eigenvalue weighted by atomic mass is 16.3. The van der Waals surface area contributed by atoms with Crippen molar-refractivity contribution in [2.24, 2.45) is 0 Å². The molecule has 3 nitrogen and oxygen atoms in total. The fraction of sp³-hybridized carbons (Fsp3) is 0.600. The number of hydrogen-bond acceptors (Lipinski definition) is 3. The molecule has 1 aromatic carbocycles. The van der Waals surface area contributed by atoms with Gasteiger partial charge in [-0.25, -0.2) is 0 Å². The highest BCUT2D eigenvalue weighted by Gasteiger charge is 2.23. The number of para-hydroxylation sites is 1.